The van der Waals surface area contributed by atoms with E-state index < -0.39 is 5.97 Å². The molecule has 0 amide bonds. The van der Waals surface area contributed by atoms with Crippen LogP contribution in [0, 0.1) is 6.92 Å². The number of aromatic carboxylic acids is 1. The van der Waals surface area contributed by atoms with Crippen LogP contribution >= 0.6 is 0 Å². The molecule has 0 saturated heterocycles. The zero-order valence-corrected chi connectivity index (χ0v) is 12.3. The fourth-order valence-electron chi connectivity index (χ4n) is 2.47. The minimum Gasteiger partial charge on any atom is -0.477 e. The summed E-state index contributed by atoms with van der Waals surface area (Å²) in [6.07, 6.45) is 2.51. The van der Waals surface area contributed by atoms with Gasteiger partial charge in [-0.2, -0.15) is 10.2 Å². The van der Waals surface area contributed by atoms with Crippen molar-refractivity contribution in [1.29, 1.82) is 0 Å². The molecule has 0 spiro atoms. The third kappa shape index (κ3) is 1.82. The zero-order chi connectivity index (χ0) is 16.0. The third-order valence-corrected chi connectivity index (χ3v) is 3.49. The Bertz CT molecular complexity index is 949. The minimum absolute atomic E-state index is 0.0648. The monoisotopic (exact) mass is 302 g/mol. The fourth-order valence-corrected chi connectivity index (χ4v) is 2.47. The van der Waals surface area contributed by atoms with Gasteiger partial charge in [-0.25, -0.2) is 14.3 Å². The first-order valence-corrected chi connectivity index (χ1v) is 6.66. The molecule has 0 aromatic carbocycles. The van der Waals surface area contributed by atoms with E-state index in [1.807, 2.05) is 6.92 Å². The molecular formula is C13H14N6O3. The summed E-state index contributed by atoms with van der Waals surface area (Å²) in [6, 6.07) is 0. The van der Waals surface area contributed by atoms with E-state index in [1.165, 1.54) is 21.8 Å². The van der Waals surface area contributed by atoms with Crippen LogP contribution in [-0.2, 0) is 13.6 Å². The van der Waals surface area contributed by atoms with E-state index in [2.05, 4.69) is 15.2 Å². The highest BCUT2D eigenvalue weighted by molar-refractivity contribution is 5.91. The van der Waals surface area contributed by atoms with Crippen molar-refractivity contribution in [3.63, 3.8) is 0 Å². The molecule has 9 nitrogen and oxygen atoms in total. The predicted molar refractivity (Wildman–Crippen MR) is 77.3 cm³/mol. The van der Waals surface area contributed by atoms with Gasteiger partial charge in [0.05, 0.1) is 11.9 Å². The molecule has 9 heteroatoms. The number of rotatable bonds is 3. The number of carboxylic acid groups (broad SMARTS) is 1. The Hall–Kier alpha value is -2.97. The van der Waals surface area contributed by atoms with Crippen molar-refractivity contribution in [3.8, 4) is 5.82 Å². The van der Waals surface area contributed by atoms with Crippen LogP contribution in [0.15, 0.2) is 17.3 Å². The second-order valence-corrected chi connectivity index (χ2v) is 4.83. The summed E-state index contributed by atoms with van der Waals surface area (Å²) in [5.74, 6) is -0.997. The molecule has 114 valence electrons. The van der Waals surface area contributed by atoms with Crippen LogP contribution in [0.1, 0.15) is 23.0 Å². The topological polar surface area (TPSA) is 108 Å². The number of carboxylic acids is 1. The fraction of sp³-hybridized carbons (Fsp3) is 0.308. The molecule has 0 fully saturated rings. The van der Waals surface area contributed by atoms with E-state index in [1.54, 1.807) is 18.7 Å². The smallest absolute Gasteiger partial charge is 0.341 e. The summed E-state index contributed by atoms with van der Waals surface area (Å²) in [5, 5.41) is 17.4. The lowest BCUT2D eigenvalue weighted by atomic mass is 10.3. The quantitative estimate of drug-likeness (QED) is 0.747. The van der Waals surface area contributed by atoms with Crippen molar-refractivity contribution in [3.05, 3.63) is 34.1 Å². The highest BCUT2D eigenvalue weighted by atomic mass is 16.4. The van der Waals surface area contributed by atoms with Crippen molar-refractivity contribution in [1.82, 2.24) is 29.1 Å². The summed E-state index contributed by atoms with van der Waals surface area (Å²) in [5.41, 5.74) is 1.08. The summed E-state index contributed by atoms with van der Waals surface area (Å²) in [6.45, 7) is 4.16. The van der Waals surface area contributed by atoms with Gasteiger partial charge < -0.3 is 5.11 Å². The highest BCUT2D eigenvalue weighted by Crippen LogP contribution is 2.15. The molecular weight excluding hydrogens is 288 g/mol. The Morgan fingerprint density at radius 3 is 2.77 bits per heavy atom. The van der Waals surface area contributed by atoms with Crippen molar-refractivity contribution < 1.29 is 9.90 Å². The lowest BCUT2D eigenvalue weighted by molar-refractivity contribution is 0.0697. The maximum absolute atomic E-state index is 12.8. The number of aryl methyl sites for hydroxylation is 3. The Morgan fingerprint density at radius 2 is 2.14 bits per heavy atom. The molecule has 0 atom stereocenters. The van der Waals surface area contributed by atoms with Crippen LogP contribution in [0.5, 0.6) is 0 Å². The normalized spacial score (nSPS) is 11.2. The molecule has 3 aromatic heterocycles. The average molecular weight is 302 g/mol. The summed E-state index contributed by atoms with van der Waals surface area (Å²) >= 11 is 0. The number of nitrogens with zero attached hydrogens (tertiary/aromatic N) is 6. The van der Waals surface area contributed by atoms with Gasteiger partial charge in [0.2, 0.25) is 0 Å². The van der Waals surface area contributed by atoms with Gasteiger partial charge in [0.25, 0.3) is 5.56 Å². The lowest BCUT2D eigenvalue weighted by Gasteiger charge is -2.07. The van der Waals surface area contributed by atoms with E-state index in [-0.39, 0.29) is 16.9 Å². The molecule has 0 aliphatic heterocycles. The van der Waals surface area contributed by atoms with Gasteiger partial charge in [-0.15, -0.1) is 0 Å². The van der Waals surface area contributed by atoms with Gasteiger partial charge in [-0.3, -0.25) is 14.2 Å². The van der Waals surface area contributed by atoms with E-state index in [9.17, 15) is 14.7 Å². The van der Waals surface area contributed by atoms with E-state index >= 15 is 0 Å². The molecule has 0 unspecified atom stereocenters. The number of hydrogen-bond acceptors (Lipinski definition) is 5. The van der Waals surface area contributed by atoms with Crippen LogP contribution in [-0.4, -0.2) is 40.2 Å². The second kappa shape index (κ2) is 4.79. The Morgan fingerprint density at radius 1 is 1.41 bits per heavy atom. The highest BCUT2D eigenvalue weighted by Gasteiger charge is 2.21. The zero-order valence-electron chi connectivity index (χ0n) is 12.3. The molecule has 0 saturated carbocycles. The molecule has 0 radical (unpaired) electrons. The number of carbonyl (C=O) groups is 1. The first-order chi connectivity index (χ1) is 10.5. The summed E-state index contributed by atoms with van der Waals surface area (Å²) < 4.78 is 4.08. The van der Waals surface area contributed by atoms with E-state index in [0.717, 1.165) is 0 Å². The summed E-state index contributed by atoms with van der Waals surface area (Å²) in [7, 11) is 1.57. The Balaban J connectivity index is 2.39. The van der Waals surface area contributed by atoms with Crippen molar-refractivity contribution in [2.24, 2.45) is 7.05 Å². The van der Waals surface area contributed by atoms with Crippen LogP contribution in [0.4, 0.5) is 0 Å². The van der Waals surface area contributed by atoms with Gasteiger partial charge in [-0.05, 0) is 13.8 Å². The molecule has 22 heavy (non-hydrogen) atoms. The molecule has 3 aromatic rings. The van der Waals surface area contributed by atoms with Gasteiger partial charge in [0, 0.05) is 13.6 Å². The standard InChI is InChI=1S/C13H14N6O3/c1-4-19-10-9(7(2)16-19)14-6-18(12(10)20)11-8(13(21)22)5-15-17(11)3/h5-6H,4H2,1-3H3,(H,21,22). The molecule has 1 N–H and O–H groups in total. The van der Waals surface area contributed by atoms with Gasteiger partial charge in [0.1, 0.15) is 17.4 Å². The third-order valence-electron chi connectivity index (χ3n) is 3.49. The van der Waals surface area contributed by atoms with Crippen LogP contribution < -0.4 is 5.56 Å². The minimum atomic E-state index is -1.16. The Kier molecular flexibility index (Phi) is 3.05. The maximum Gasteiger partial charge on any atom is 0.341 e. The second-order valence-electron chi connectivity index (χ2n) is 4.83. The SMILES string of the molecule is CCn1nc(C)c2ncn(-c3c(C(=O)O)cnn3C)c(=O)c21. The van der Waals surface area contributed by atoms with Gasteiger partial charge >= 0.3 is 5.97 Å². The Labute approximate surface area is 124 Å². The molecule has 0 aliphatic rings. The number of fused-ring (bicyclic) bond motifs is 1. The average Bonchev–Trinajstić information content (AvgIpc) is 3.01. The predicted octanol–water partition coefficient (Wildman–Crippen LogP) is 0.342. The van der Waals surface area contributed by atoms with Crippen LogP contribution in [0.3, 0.4) is 0 Å². The van der Waals surface area contributed by atoms with Gasteiger partial charge in [0.15, 0.2) is 11.3 Å². The van der Waals surface area contributed by atoms with Gasteiger partial charge in [-0.1, -0.05) is 0 Å². The largest absolute Gasteiger partial charge is 0.477 e. The molecule has 0 aliphatic carbocycles. The lowest BCUT2D eigenvalue weighted by Crippen LogP contribution is -2.24. The first-order valence-electron chi connectivity index (χ1n) is 6.66. The van der Waals surface area contributed by atoms with Crippen LogP contribution in [0.2, 0.25) is 0 Å². The molecule has 3 rings (SSSR count). The molecule has 0 bridgehead atoms. The van der Waals surface area contributed by atoms with E-state index in [0.29, 0.717) is 23.3 Å². The van der Waals surface area contributed by atoms with Crippen molar-refractivity contribution in [2.45, 2.75) is 20.4 Å². The maximum atomic E-state index is 12.8. The van der Waals surface area contributed by atoms with Crippen LogP contribution in [0.25, 0.3) is 16.9 Å². The van der Waals surface area contributed by atoms with Crippen molar-refractivity contribution >= 4 is 17.0 Å². The number of hydrogen-bond donors (Lipinski definition) is 1. The number of aromatic nitrogens is 6. The van der Waals surface area contributed by atoms with E-state index in [4.69, 9.17) is 0 Å². The first kappa shape index (κ1) is 14.0. The summed E-state index contributed by atoms with van der Waals surface area (Å²) in [4.78, 5) is 28.3. The van der Waals surface area contributed by atoms with Crippen molar-refractivity contribution in [2.75, 3.05) is 0 Å². The molecule has 3 heterocycles.